The van der Waals surface area contributed by atoms with Crippen molar-refractivity contribution in [2.24, 2.45) is 17.3 Å². The Balaban J connectivity index is 1.66. The van der Waals surface area contributed by atoms with E-state index < -0.39 is 0 Å². The largest absolute Gasteiger partial charge is 0.494 e. The zero-order valence-corrected chi connectivity index (χ0v) is 13.7. The first kappa shape index (κ1) is 14.3. The van der Waals surface area contributed by atoms with E-state index in [1.165, 1.54) is 18.4 Å². The van der Waals surface area contributed by atoms with Gasteiger partial charge in [-0.25, -0.2) is 0 Å². The lowest BCUT2D eigenvalue weighted by Crippen LogP contribution is -2.42. The standard InChI is InChI=1S/C20H26O2/c1-3-22-14-5-7-15-13(12-14)4-6-17-16(15)10-11-20(2)18(17)8-9-19(20)21/h5,7,12,16-18H,3-4,6,8-11H2,1-2H3/t16-,17-,18-,20+/m1/s1. The van der Waals surface area contributed by atoms with Crippen LogP contribution >= 0.6 is 0 Å². The maximum Gasteiger partial charge on any atom is 0.139 e. The van der Waals surface area contributed by atoms with Gasteiger partial charge < -0.3 is 4.74 Å². The van der Waals surface area contributed by atoms with Gasteiger partial charge in [0.1, 0.15) is 11.5 Å². The Hall–Kier alpha value is -1.31. The zero-order chi connectivity index (χ0) is 15.3. The Morgan fingerprint density at radius 2 is 2.09 bits per heavy atom. The third kappa shape index (κ3) is 1.96. The first-order valence-corrected chi connectivity index (χ1v) is 8.92. The van der Waals surface area contributed by atoms with Crippen LogP contribution in [0.4, 0.5) is 0 Å². The monoisotopic (exact) mass is 298 g/mol. The van der Waals surface area contributed by atoms with Crippen LogP contribution in [0.3, 0.4) is 0 Å². The van der Waals surface area contributed by atoms with Crippen molar-refractivity contribution in [3.05, 3.63) is 29.3 Å². The molecule has 118 valence electrons. The molecule has 0 N–H and O–H groups in total. The molecule has 4 rings (SSSR count). The molecule has 0 bridgehead atoms. The number of Topliss-reactive ketones (excluding diaryl/α,β-unsaturated/α-hetero) is 1. The van der Waals surface area contributed by atoms with Crippen LogP contribution in [0.2, 0.25) is 0 Å². The topological polar surface area (TPSA) is 26.3 Å². The summed E-state index contributed by atoms with van der Waals surface area (Å²) < 4.78 is 5.66. The number of ketones is 1. The highest BCUT2D eigenvalue weighted by molar-refractivity contribution is 5.87. The summed E-state index contributed by atoms with van der Waals surface area (Å²) in [6.07, 6.45) is 6.62. The predicted octanol–water partition coefficient (Wildman–Crippen LogP) is 4.51. The molecule has 2 heteroatoms. The fourth-order valence-corrected chi connectivity index (χ4v) is 5.59. The maximum atomic E-state index is 12.4. The number of aryl methyl sites for hydroxylation is 1. The van der Waals surface area contributed by atoms with Crippen molar-refractivity contribution >= 4 is 5.78 Å². The van der Waals surface area contributed by atoms with Crippen molar-refractivity contribution in [1.82, 2.24) is 0 Å². The fraction of sp³-hybridized carbons (Fsp3) is 0.650. The zero-order valence-electron chi connectivity index (χ0n) is 13.7. The van der Waals surface area contributed by atoms with Gasteiger partial charge in [0.05, 0.1) is 6.61 Å². The van der Waals surface area contributed by atoms with Gasteiger partial charge in [-0.1, -0.05) is 13.0 Å². The molecule has 0 aromatic heterocycles. The molecule has 2 nitrogen and oxygen atoms in total. The summed E-state index contributed by atoms with van der Waals surface area (Å²) >= 11 is 0. The van der Waals surface area contributed by atoms with Crippen molar-refractivity contribution in [3.8, 4) is 5.75 Å². The molecule has 0 unspecified atom stereocenters. The number of fused-ring (bicyclic) bond motifs is 5. The first-order chi connectivity index (χ1) is 10.6. The predicted molar refractivity (Wildman–Crippen MR) is 87.2 cm³/mol. The van der Waals surface area contributed by atoms with Gasteiger partial charge in [0.25, 0.3) is 0 Å². The summed E-state index contributed by atoms with van der Waals surface area (Å²) in [5.74, 6) is 3.56. The first-order valence-electron chi connectivity index (χ1n) is 8.92. The molecule has 1 aromatic rings. The van der Waals surface area contributed by atoms with E-state index in [-0.39, 0.29) is 5.41 Å². The van der Waals surface area contributed by atoms with E-state index in [4.69, 9.17) is 4.74 Å². The number of rotatable bonds is 2. The molecule has 22 heavy (non-hydrogen) atoms. The van der Waals surface area contributed by atoms with Crippen LogP contribution in [0.25, 0.3) is 0 Å². The Bertz CT molecular complexity index is 606. The maximum absolute atomic E-state index is 12.4. The van der Waals surface area contributed by atoms with Crippen LogP contribution in [0.5, 0.6) is 5.75 Å². The van der Waals surface area contributed by atoms with Crippen LogP contribution in [-0.2, 0) is 11.2 Å². The number of benzene rings is 1. The summed E-state index contributed by atoms with van der Waals surface area (Å²) in [5.41, 5.74) is 3.02. The normalized spacial score (nSPS) is 36.5. The Morgan fingerprint density at radius 1 is 1.23 bits per heavy atom. The van der Waals surface area contributed by atoms with Gasteiger partial charge in [0.15, 0.2) is 0 Å². The van der Waals surface area contributed by atoms with Gasteiger partial charge in [0.2, 0.25) is 0 Å². The Kier molecular flexibility index (Phi) is 3.32. The van der Waals surface area contributed by atoms with Crippen molar-refractivity contribution in [2.45, 2.75) is 58.3 Å². The average Bonchev–Trinajstić information content (AvgIpc) is 2.83. The van der Waals surface area contributed by atoms with Crippen molar-refractivity contribution in [1.29, 1.82) is 0 Å². The number of carbonyl (C=O) groups excluding carboxylic acids is 1. The molecule has 0 amide bonds. The summed E-state index contributed by atoms with van der Waals surface area (Å²) in [6.45, 7) is 5.01. The minimum absolute atomic E-state index is 0.00999. The van der Waals surface area contributed by atoms with Crippen LogP contribution in [-0.4, -0.2) is 12.4 Å². The van der Waals surface area contributed by atoms with E-state index in [2.05, 4.69) is 25.1 Å². The minimum atomic E-state index is -0.00999. The average molecular weight is 298 g/mol. The van der Waals surface area contributed by atoms with E-state index >= 15 is 0 Å². The highest BCUT2D eigenvalue weighted by Gasteiger charge is 2.54. The SMILES string of the molecule is CCOc1ccc2c(c1)CC[C@@H]1[C@@H]2CC[C@]2(C)C(=O)CC[C@H]12. The van der Waals surface area contributed by atoms with E-state index in [0.29, 0.717) is 17.6 Å². The van der Waals surface area contributed by atoms with Crippen LogP contribution < -0.4 is 4.74 Å². The molecule has 0 saturated heterocycles. The van der Waals surface area contributed by atoms with E-state index in [9.17, 15) is 4.79 Å². The Labute approximate surface area is 133 Å². The van der Waals surface area contributed by atoms with Crippen molar-refractivity contribution in [3.63, 3.8) is 0 Å². The van der Waals surface area contributed by atoms with Crippen LogP contribution in [0.1, 0.15) is 63.0 Å². The number of hydrogen-bond acceptors (Lipinski definition) is 2. The number of ether oxygens (including phenoxy) is 1. The highest BCUT2D eigenvalue weighted by atomic mass is 16.5. The lowest BCUT2D eigenvalue weighted by molar-refractivity contribution is -0.129. The Morgan fingerprint density at radius 3 is 2.91 bits per heavy atom. The smallest absolute Gasteiger partial charge is 0.139 e. The molecule has 0 radical (unpaired) electrons. The molecule has 0 spiro atoms. The van der Waals surface area contributed by atoms with Crippen molar-refractivity contribution < 1.29 is 9.53 Å². The lowest BCUT2D eigenvalue weighted by atomic mass is 9.55. The van der Waals surface area contributed by atoms with E-state index in [1.54, 1.807) is 5.56 Å². The second-order valence-electron chi connectivity index (χ2n) is 7.63. The molecule has 0 heterocycles. The molecule has 3 aliphatic rings. The van der Waals surface area contributed by atoms with Crippen LogP contribution in [0.15, 0.2) is 18.2 Å². The quantitative estimate of drug-likeness (QED) is 0.803. The summed E-state index contributed by atoms with van der Waals surface area (Å²) in [4.78, 5) is 12.4. The van der Waals surface area contributed by atoms with Gasteiger partial charge in [-0.3, -0.25) is 4.79 Å². The van der Waals surface area contributed by atoms with Gasteiger partial charge in [-0.05, 0) is 80.0 Å². The third-order valence-corrected chi connectivity index (χ3v) is 6.72. The molecule has 1 aromatic carbocycles. The number of hydrogen-bond donors (Lipinski definition) is 0. The molecule has 2 fully saturated rings. The van der Waals surface area contributed by atoms with Gasteiger partial charge in [0, 0.05) is 11.8 Å². The van der Waals surface area contributed by atoms with Crippen molar-refractivity contribution in [2.75, 3.05) is 6.61 Å². The third-order valence-electron chi connectivity index (χ3n) is 6.72. The molecule has 4 atom stereocenters. The van der Waals surface area contributed by atoms with Gasteiger partial charge in [-0.15, -0.1) is 0 Å². The summed E-state index contributed by atoms with van der Waals surface area (Å²) in [7, 11) is 0. The van der Waals surface area contributed by atoms with E-state index in [1.807, 2.05) is 6.92 Å². The fourth-order valence-electron chi connectivity index (χ4n) is 5.59. The summed E-state index contributed by atoms with van der Waals surface area (Å²) in [5, 5.41) is 0. The second kappa shape index (κ2) is 5.11. The molecule has 0 aliphatic heterocycles. The van der Waals surface area contributed by atoms with E-state index in [0.717, 1.165) is 44.0 Å². The molecular formula is C20H26O2. The molecular weight excluding hydrogens is 272 g/mol. The van der Waals surface area contributed by atoms with Crippen LogP contribution in [0, 0.1) is 17.3 Å². The lowest BCUT2D eigenvalue weighted by Gasteiger charge is -2.48. The number of carbonyl (C=O) groups is 1. The highest BCUT2D eigenvalue weighted by Crippen LogP contribution is 2.59. The van der Waals surface area contributed by atoms with Gasteiger partial charge >= 0.3 is 0 Å². The second-order valence-corrected chi connectivity index (χ2v) is 7.63. The van der Waals surface area contributed by atoms with Gasteiger partial charge in [-0.2, -0.15) is 0 Å². The summed E-state index contributed by atoms with van der Waals surface area (Å²) in [6, 6.07) is 6.69. The molecule has 2 saturated carbocycles. The minimum Gasteiger partial charge on any atom is -0.494 e. The molecule has 3 aliphatic carbocycles.